The normalized spacial score (nSPS) is 11.5. The third kappa shape index (κ3) is 3.11. The maximum atomic E-state index is 12.6. The molecule has 1 rings (SSSR count). The first-order valence-corrected chi connectivity index (χ1v) is 5.17. The van der Waals surface area contributed by atoms with E-state index < -0.39 is 25.0 Å². The molecule has 16 heavy (non-hydrogen) atoms. The Balaban J connectivity index is 2.63. The summed E-state index contributed by atoms with van der Waals surface area (Å²) < 4.78 is 25.3. The number of halogens is 2. The highest BCUT2D eigenvalue weighted by Crippen LogP contribution is 2.19. The van der Waals surface area contributed by atoms with Gasteiger partial charge in [0.25, 0.3) is 11.8 Å². The summed E-state index contributed by atoms with van der Waals surface area (Å²) in [7, 11) is 0. The average Bonchev–Trinajstić information content (AvgIpc) is 2.54. The van der Waals surface area contributed by atoms with Crippen LogP contribution in [-0.2, 0) is 0 Å². The molecule has 1 aromatic rings. The van der Waals surface area contributed by atoms with Crippen LogP contribution >= 0.6 is 11.3 Å². The van der Waals surface area contributed by atoms with Crippen LogP contribution in [0.3, 0.4) is 0 Å². The van der Waals surface area contributed by atoms with Crippen LogP contribution in [0.1, 0.15) is 15.4 Å². The van der Waals surface area contributed by atoms with Crippen molar-refractivity contribution >= 4 is 22.4 Å². The molecule has 0 fully saturated rings. The topological polar surface area (TPSA) is 88.2 Å². The van der Waals surface area contributed by atoms with Gasteiger partial charge in [-0.1, -0.05) is 11.3 Å². The maximum absolute atomic E-state index is 12.6. The van der Waals surface area contributed by atoms with Crippen molar-refractivity contribution in [2.24, 2.45) is 0 Å². The van der Waals surface area contributed by atoms with Crippen LogP contribution in [0.5, 0.6) is 0 Å². The molecule has 1 amide bonds. The highest BCUT2D eigenvalue weighted by molar-refractivity contribution is 7.17. The Morgan fingerprint density at radius 3 is 2.75 bits per heavy atom. The number of hydrogen-bond acceptors (Lipinski definition) is 5. The van der Waals surface area contributed by atoms with Gasteiger partial charge in [-0.05, 0) is 6.92 Å². The van der Waals surface area contributed by atoms with Crippen molar-refractivity contribution in [3.8, 4) is 0 Å². The molecule has 0 aliphatic heterocycles. The van der Waals surface area contributed by atoms with Gasteiger partial charge in [-0.15, -0.1) is 0 Å². The Morgan fingerprint density at radius 1 is 1.69 bits per heavy atom. The molecule has 1 aromatic heterocycles. The lowest BCUT2D eigenvalue weighted by Gasteiger charge is -2.13. The fourth-order valence-electron chi connectivity index (χ4n) is 0.974. The van der Waals surface area contributed by atoms with Gasteiger partial charge in [-0.25, -0.2) is 13.8 Å². The number of hydrogen-bond donors (Lipinski definition) is 3. The van der Waals surface area contributed by atoms with Gasteiger partial charge in [0.2, 0.25) is 0 Å². The fourth-order valence-corrected chi connectivity index (χ4v) is 1.72. The summed E-state index contributed by atoms with van der Waals surface area (Å²) in [6, 6.07) is 0. The van der Waals surface area contributed by atoms with Crippen LogP contribution < -0.4 is 11.1 Å². The molecule has 0 aliphatic carbocycles. The number of aromatic nitrogens is 1. The largest absolute Gasteiger partial charge is 0.390 e. The predicted octanol–water partition coefficient (Wildman–Crippen LogP) is 0.391. The Hall–Kier alpha value is -1.28. The summed E-state index contributed by atoms with van der Waals surface area (Å²) in [4.78, 5) is 15.4. The minimum absolute atomic E-state index is 0.200. The van der Waals surface area contributed by atoms with Gasteiger partial charge in [-0.3, -0.25) is 4.79 Å². The first-order valence-electron chi connectivity index (χ1n) is 4.35. The standard InChI is InChI=1S/C8H11F2N3O2S/c1-4-5(16-7(11)13-4)6(15)12-2-8(9,10)3-14/h14H,2-3H2,1H3,(H2,11,13)(H,12,15). The molecule has 4 N–H and O–H groups in total. The zero-order valence-corrected chi connectivity index (χ0v) is 9.27. The lowest BCUT2D eigenvalue weighted by Crippen LogP contribution is -2.38. The van der Waals surface area contributed by atoms with E-state index in [9.17, 15) is 13.6 Å². The number of carbonyl (C=O) groups excluding carboxylic acids is 1. The molecule has 0 spiro atoms. The van der Waals surface area contributed by atoms with E-state index in [4.69, 9.17) is 10.8 Å². The van der Waals surface area contributed by atoms with Crippen LogP contribution in [0.4, 0.5) is 13.9 Å². The average molecular weight is 251 g/mol. The second kappa shape index (κ2) is 4.71. The molecular formula is C8H11F2N3O2S. The third-order valence-corrected chi connectivity index (χ3v) is 2.74. The fraction of sp³-hybridized carbons (Fsp3) is 0.500. The molecule has 0 unspecified atom stereocenters. The highest BCUT2D eigenvalue weighted by atomic mass is 32.1. The molecule has 8 heteroatoms. The van der Waals surface area contributed by atoms with Gasteiger partial charge in [0.05, 0.1) is 12.2 Å². The number of aryl methyl sites for hydroxylation is 1. The number of alkyl halides is 2. The minimum Gasteiger partial charge on any atom is -0.390 e. The van der Waals surface area contributed by atoms with Crippen molar-refractivity contribution in [3.63, 3.8) is 0 Å². The Bertz CT molecular complexity index is 395. The van der Waals surface area contributed by atoms with Gasteiger partial charge in [0.1, 0.15) is 11.5 Å². The monoisotopic (exact) mass is 251 g/mol. The molecule has 0 aliphatic rings. The van der Waals surface area contributed by atoms with E-state index in [1.807, 2.05) is 5.32 Å². The Morgan fingerprint density at radius 2 is 2.31 bits per heavy atom. The van der Waals surface area contributed by atoms with Crippen molar-refractivity contribution in [1.82, 2.24) is 10.3 Å². The summed E-state index contributed by atoms with van der Waals surface area (Å²) in [6.45, 7) is -0.664. The second-order valence-electron chi connectivity index (χ2n) is 3.16. The summed E-state index contributed by atoms with van der Waals surface area (Å²) in [5.41, 5.74) is 5.76. The molecule has 90 valence electrons. The van der Waals surface area contributed by atoms with Crippen molar-refractivity contribution in [3.05, 3.63) is 10.6 Å². The van der Waals surface area contributed by atoms with Crippen LogP contribution in [0.2, 0.25) is 0 Å². The molecule has 0 atom stereocenters. The lowest BCUT2D eigenvalue weighted by atomic mass is 10.3. The summed E-state index contributed by atoms with van der Waals surface area (Å²) in [6.07, 6.45) is 0. The van der Waals surface area contributed by atoms with E-state index in [1.54, 1.807) is 6.92 Å². The molecule has 0 bridgehead atoms. The SMILES string of the molecule is Cc1nc(N)sc1C(=O)NCC(F)(F)CO. The first-order chi connectivity index (χ1) is 7.35. The van der Waals surface area contributed by atoms with Crippen molar-refractivity contribution < 1.29 is 18.7 Å². The minimum atomic E-state index is -3.32. The number of nitrogens with one attached hydrogen (secondary N) is 1. The quantitative estimate of drug-likeness (QED) is 0.722. The van der Waals surface area contributed by atoms with E-state index in [0.29, 0.717) is 5.69 Å². The number of nitrogen functional groups attached to an aromatic ring is 1. The smallest absolute Gasteiger partial charge is 0.287 e. The highest BCUT2D eigenvalue weighted by Gasteiger charge is 2.29. The van der Waals surface area contributed by atoms with Gasteiger partial charge in [0, 0.05) is 0 Å². The van der Waals surface area contributed by atoms with Crippen LogP contribution in [0.15, 0.2) is 0 Å². The van der Waals surface area contributed by atoms with Crippen molar-refractivity contribution in [2.75, 3.05) is 18.9 Å². The van der Waals surface area contributed by atoms with Gasteiger partial charge >= 0.3 is 0 Å². The van der Waals surface area contributed by atoms with E-state index in [0.717, 1.165) is 11.3 Å². The number of thiazole rings is 1. The molecule has 5 nitrogen and oxygen atoms in total. The zero-order valence-electron chi connectivity index (χ0n) is 8.46. The van der Waals surface area contributed by atoms with E-state index in [2.05, 4.69) is 4.98 Å². The number of anilines is 1. The zero-order chi connectivity index (χ0) is 12.3. The maximum Gasteiger partial charge on any atom is 0.287 e. The number of nitrogens with zero attached hydrogens (tertiary/aromatic N) is 1. The van der Waals surface area contributed by atoms with Crippen LogP contribution in [0.25, 0.3) is 0 Å². The van der Waals surface area contributed by atoms with Crippen LogP contribution in [-0.4, -0.2) is 35.1 Å². The molecular weight excluding hydrogens is 240 g/mol. The molecule has 0 saturated heterocycles. The van der Waals surface area contributed by atoms with E-state index in [-0.39, 0.29) is 10.0 Å². The van der Waals surface area contributed by atoms with Crippen LogP contribution in [0, 0.1) is 6.92 Å². The second-order valence-corrected chi connectivity index (χ2v) is 4.19. The van der Waals surface area contributed by atoms with Crippen molar-refractivity contribution in [2.45, 2.75) is 12.8 Å². The molecule has 1 heterocycles. The van der Waals surface area contributed by atoms with E-state index in [1.165, 1.54) is 0 Å². The number of rotatable bonds is 4. The summed E-state index contributed by atoms with van der Waals surface area (Å²) in [5.74, 6) is -3.99. The number of aliphatic hydroxyl groups excluding tert-OH is 1. The van der Waals surface area contributed by atoms with Gasteiger partial charge in [-0.2, -0.15) is 0 Å². The third-order valence-electron chi connectivity index (χ3n) is 1.76. The summed E-state index contributed by atoms with van der Waals surface area (Å²) in [5, 5.41) is 10.5. The Labute approximate surface area is 94.3 Å². The summed E-state index contributed by atoms with van der Waals surface area (Å²) >= 11 is 0.928. The predicted molar refractivity (Wildman–Crippen MR) is 55.6 cm³/mol. The number of carbonyl (C=O) groups is 1. The number of nitrogens with two attached hydrogens (primary N) is 1. The first kappa shape index (κ1) is 12.8. The Kier molecular flexibility index (Phi) is 3.76. The van der Waals surface area contributed by atoms with Gasteiger partial charge < -0.3 is 16.2 Å². The lowest BCUT2D eigenvalue weighted by molar-refractivity contribution is -0.0461. The number of amides is 1. The van der Waals surface area contributed by atoms with Crippen molar-refractivity contribution in [1.29, 1.82) is 0 Å². The van der Waals surface area contributed by atoms with Gasteiger partial charge in [0.15, 0.2) is 5.13 Å². The molecule has 0 saturated carbocycles. The van der Waals surface area contributed by atoms with E-state index >= 15 is 0 Å². The molecule has 0 radical (unpaired) electrons. The number of aliphatic hydroxyl groups is 1. The molecule has 0 aromatic carbocycles.